The molecule has 1 unspecified atom stereocenters. The highest BCUT2D eigenvalue weighted by Gasteiger charge is 2.16. The van der Waals surface area contributed by atoms with Crippen LogP contribution in [0.2, 0.25) is 5.02 Å². The maximum Gasteiger partial charge on any atom is 0.142 e. The standard InChI is InChI=1S/C14H13BrClFN2S/c15-10-5-3-4-9(14(10)17)12(19-18)8-20-13-7-2-1-6-11(13)16/h1-7,12,19H,8,18H2. The summed E-state index contributed by atoms with van der Waals surface area (Å²) in [5.41, 5.74) is 3.18. The van der Waals surface area contributed by atoms with Gasteiger partial charge < -0.3 is 0 Å². The second kappa shape index (κ2) is 7.43. The minimum absolute atomic E-state index is 0.296. The number of hydrogen-bond donors (Lipinski definition) is 2. The van der Waals surface area contributed by atoms with Crippen LogP contribution in [-0.4, -0.2) is 5.75 Å². The second-order valence-corrected chi connectivity index (χ2v) is 6.43. The lowest BCUT2D eigenvalue weighted by atomic mass is 10.1. The van der Waals surface area contributed by atoms with Crippen LogP contribution in [0.5, 0.6) is 0 Å². The van der Waals surface area contributed by atoms with Crippen LogP contribution in [0, 0.1) is 5.82 Å². The molecule has 2 aromatic carbocycles. The Morgan fingerprint density at radius 2 is 2.00 bits per heavy atom. The summed E-state index contributed by atoms with van der Waals surface area (Å²) in [6, 6.07) is 12.4. The Hall–Kier alpha value is -0.590. The van der Waals surface area contributed by atoms with Gasteiger partial charge in [-0.25, -0.2) is 4.39 Å². The van der Waals surface area contributed by atoms with Gasteiger partial charge >= 0.3 is 0 Å². The average Bonchev–Trinajstić information content (AvgIpc) is 2.45. The summed E-state index contributed by atoms with van der Waals surface area (Å²) in [7, 11) is 0. The number of halogens is 3. The van der Waals surface area contributed by atoms with Crippen molar-refractivity contribution in [3.63, 3.8) is 0 Å². The van der Waals surface area contributed by atoms with Gasteiger partial charge in [0, 0.05) is 16.2 Å². The van der Waals surface area contributed by atoms with E-state index in [-0.39, 0.29) is 11.9 Å². The summed E-state index contributed by atoms with van der Waals surface area (Å²) in [5.74, 6) is 5.83. The van der Waals surface area contributed by atoms with Crippen LogP contribution >= 0.6 is 39.3 Å². The maximum absolute atomic E-state index is 14.1. The molecule has 0 fully saturated rings. The quantitative estimate of drug-likeness (QED) is 0.458. The van der Waals surface area contributed by atoms with Crippen LogP contribution in [0.4, 0.5) is 4.39 Å². The molecule has 0 radical (unpaired) electrons. The van der Waals surface area contributed by atoms with Crippen LogP contribution in [0.1, 0.15) is 11.6 Å². The van der Waals surface area contributed by atoms with Crippen LogP contribution in [-0.2, 0) is 0 Å². The molecule has 0 saturated heterocycles. The number of hydrazine groups is 1. The van der Waals surface area contributed by atoms with E-state index in [1.165, 1.54) is 11.8 Å². The molecule has 0 heterocycles. The Labute approximate surface area is 135 Å². The lowest BCUT2D eigenvalue weighted by Gasteiger charge is -2.17. The lowest BCUT2D eigenvalue weighted by molar-refractivity contribution is 0.543. The van der Waals surface area contributed by atoms with E-state index in [4.69, 9.17) is 17.4 Å². The predicted molar refractivity (Wildman–Crippen MR) is 86.3 cm³/mol. The van der Waals surface area contributed by atoms with Crippen molar-refractivity contribution in [3.05, 3.63) is 63.3 Å². The highest BCUT2D eigenvalue weighted by molar-refractivity contribution is 9.10. The highest BCUT2D eigenvalue weighted by atomic mass is 79.9. The van der Waals surface area contributed by atoms with E-state index in [2.05, 4.69) is 21.4 Å². The molecule has 6 heteroatoms. The predicted octanol–water partition coefficient (Wildman–Crippen LogP) is 4.54. The molecule has 20 heavy (non-hydrogen) atoms. The first-order valence-corrected chi connectivity index (χ1v) is 8.06. The van der Waals surface area contributed by atoms with Crippen LogP contribution in [0.3, 0.4) is 0 Å². The van der Waals surface area contributed by atoms with E-state index in [9.17, 15) is 4.39 Å². The topological polar surface area (TPSA) is 38.0 Å². The lowest BCUT2D eigenvalue weighted by Crippen LogP contribution is -2.30. The van der Waals surface area contributed by atoms with E-state index < -0.39 is 0 Å². The fraction of sp³-hybridized carbons (Fsp3) is 0.143. The molecule has 3 N–H and O–H groups in total. The van der Waals surface area contributed by atoms with Crippen molar-refractivity contribution in [2.75, 3.05) is 5.75 Å². The molecule has 0 aliphatic rings. The summed E-state index contributed by atoms with van der Waals surface area (Å²) in [4.78, 5) is 0.949. The van der Waals surface area contributed by atoms with Crippen molar-refractivity contribution >= 4 is 39.3 Å². The van der Waals surface area contributed by atoms with E-state index in [1.54, 1.807) is 18.2 Å². The Bertz CT molecular complexity index is 597. The SMILES string of the molecule is NNC(CSc1ccccc1Cl)c1cccc(Br)c1F. The van der Waals surface area contributed by atoms with Crippen LogP contribution in [0.15, 0.2) is 51.8 Å². The molecule has 2 rings (SSSR count). The van der Waals surface area contributed by atoms with E-state index in [0.717, 1.165) is 4.90 Å². The molecule has 0 spiro atoms. The Morgan fingerprint density at radius 1 is 1.25 bits per heavy atom. The third kappa shape index (κ3) is 3.74. The van der Waals surface area contributed by atoms with Gasteiger partial charge in [0.05, 0.1) is 15.5 Å². The zero-order valence-corrected chi connectivity index (χ0v) is 13.6. The first-order chi connectivity index (χ1) is 9.63. The maximum atomic E-state index is 14.1. The molecule has 0 aliphatic heterocycles. The van der Waals surface area contributed by atoms with Crippen molar-refractivity contribution in [2.45, 2.75) is 10.9 Å². The molecule has 0 amide bonds. The highest BCUT2D eigenvalue weighted by Crippen LogP contribution is 2.31. The van der Waals surface area contributed by atoms with Crippen molar-refractivity contribution in [1.29, 1.82) is 0 Å². The molecule has 2 aromatic rings. The number of nitrogens with two attached hydrogens (primary N) is 1. The Kier molecular flexibility index (Phi) is 5.86. The number of benzene rings is 2. The summed E-state index contributed by atoms with van der Waals surface area (Å²) in [5, 5.41) is 0.683. The molecule has 2 nitrogen and oxygen atoms in total. The first kappa shape index (κ1) is 15.8. The van der Waals surface area contributed by atoms with Crippen molar-refractivity contribution in [1.82, 2.24) is 5.43 Å². The summed E-state index contributed by atoms with van der Waals surface area (Å²) in [6.07, 6.45) is 0. The minimum Gasteiger partial charge on any atom is -0.271 e. The number of thioether (sulfide) groups is 1. The number of nitrogens with one attached hydrogen (secondary N) is 1. The molecule has 0 saturated carbocycles. The van der Waals surface area contributed by atoms with Gasteiger partial charge in [-0.3, -0.25) is 11.3 Å². The van der Waals surface area contributed by atoms with E-state index in [1.807, 2.05) is 24.3 Å². The van der Waals surface area contributed by atoms with Gasteiger partial charge in [-0.2, -0.15) is 0 Å². The van der Waals surface area contributed by atoms with E-state index in [0.29, 0.717) is 20.8 Å². The average molecular weight is 376 g/mol. The summed E-state index contributed by atoms with van der Waals surface area (Å²) < 4.78 is 14.5. The van der Waals surface area contributed by atoms with Gasteiger partial charge in [-0.15, -0.1) is 11.8 Å². The van der Waals surface area contributed by atoms with Crippen molar-refractivity contribution in [3.8, 4) is 0 Å². The second-order valence-electron chi connectivity index (χ2n) is 4.10. The van der Waals surface area contributed by atoms with Crippen LogP contribution in [0.25, 0.3) is 0 Å². The molecule has 0 aliphatic carbocycles. The monoisotopic (exact) mass is 374 g/mol. The Morgan fingerprint density at radius 3 is 2.70 bits per heavy atom. The van der Waals surface area contributed by atoms with Crippen molar-refractivity contribution < 1.29 is 4.39 Å². The van der Waals surface area contributed by atoms with E-state index >= 15 is 0 Å². The minimum atomic E-state index is -0.297. The summed E-state index contributed by atoms with van der Waals surface area (Å²) >= 11 is 10.8. The van der Waals surface area contributed by atoms with Crippen LogP contribution < -0.4 is 11.3 Å². The normalized spacial score (nSPS) is 12.4. The Balaban J connectivity index is 2.14. The van der Waals surface area contributed by atoms with Gasteiger partial charge in [-0.1, -0.05) is 35.9 Å². The molecular formula is C14H13BrClFN2S. The molecular weight excluding hydrogens is 363 g/mol. The third-order valence-corrected chi connectivity index (χ3v) is 5.02. The zero-order chi connectivity index (χ0) is 14.5. The largest absolute Gasteiger partial charge is 0.271 e. The number of rotatable bonds is 5. The molecule has 0 bridgehead atoms. The van der Waals surface area contributed by atoms with Gasteiger partial charge in [0.15, 0.2) is 0 Å². The van der Waals surface area contributed by atoms with Gasteiger partial charge in [0.1, 0.15) is 5.82 Å². The van der Waals surface area contributed by atoms with Gasteiger partial charge in [0.2, 0.25) is 0 Å². The zero-order valence-electron chi connectivity index (χ0n) is 10.4. The third-order valence-electron chi connectivity index (χ3n) is 2.80. The van der Waals surface area contributed by atoms with Gasteiger partial charge in [-0.05, 0) is 34.1 Å². The molecule has 1 atom stereocenters. The summed E-state index contributed by atoms with van der Waals surface area (Å²) in [6.45, 7) is 0. The molecule has 0 aromatic heterocycles. The van der Waals surface area contributed by atoms with Crippen molar-refractivity contribution in [2.24, 2.45) is 5.84 Å². The smallest absolute Gasteiger partial charge is 0.142 e. The first-order valence-electron chi connectivity index (χ1n) is 5.91. The fourth-order valence-corrected chi connectivity index (χ4v) is 3.44. The molecule has 106 valence electrons. The number of hydrogen-bond acceptors (Lipinski definition) is 3. The fourth-order valence-electron chi connectivity index (χ4n) is 1.75. The van der Waals surface area contributed by atoms with Gasteiger partial charge in [0.25, 0.3) is 0 Å².